The highest BCUT2D eigenvalue weighted by molar-refractivity contribution is 7.98. The number of nitrogens with one attached hydrogen (secondary N) is 3. The number of thioether (sulfide) groups is 1. The van der Waals surface area contributed by atoms with E-state index in [1.807, 2.05) is 43.5 Å². The molecule has 0 fully saturated rings. The zero-order valence-corrected chi connectivity index (χ0v) is 19.6. The smallest absolute Gasteiger partial charge is 0.326 e. The number of carboxylic acids is 1. The SMILES string of the molecule is CCC(C)C(NC(=O)C(Cc1ccccc1)NC(=O)CNC(=O)C(N)CCSC)C(=O)O. The van der Waals surface area contributed by atoms with Crippen molar-refractivity contribution in [1.29, 1.82) is 0 Å². The number of rotatable bonds is 14. The first-order valence-electron chi connectivity index (χ1n) is 10.6. The minimum absolute atomic E-state index is 0.173. The van der Waals surface area contributed by atoms with Gasteiger partial charge in [0, 0.05) is 6.42 Å². The maximum Gasteiger partial charge on any atom is 0.326 e. The van der Waals surface area contributed by atoms with Crippen molar-refractivity contribution in [1.82, 2.24) is 16.0 Å². The largest absolute Gasteiger partial charge is 0.480 e. The highest BCUT2D eigenvalue weighted by atomic mass is 32.2. The van der Waals surface area contributed by atoms with Gasteiger partial charge in [-0.1, -0.05) is 50.6 Å². The molecule has 0 aliphatic heterocycles. The third kappa shape index (κ3) is 9.69. The van der Waals surface area contributed by atoms with Crippen molar-refractivity contribution in [2.24, 2.45) is 11.7 Å². The normalized spacial score (nSPS) is 14.5. The first kappa shape index (κ1) is 27.4. The van der Waals surface area contributed by atoms with Crippen molar-refractivity contribution in [3.63, 3.8) is 0 Å². The Morgan fingerprint density at radius 1 is 1.09 bits per heavy atom. The molecule has 1 aromatic rings. The van der Waals surface area contributed by atoms with Gasteiger partial charge in [0.05, 0.1) is 12.6 Å². The zero-order chi connectivity index (χ0) is 24.1. The minimum Gasteiger partial charge on any atom is -0.480 e. The lowest BCUT2D eigenvalue weighted by Gasteiger charge is -2.24. The Hall–Kier alpha value is -2.59. The van der Waals surface area contributed by atoms with Crippen molar-refractivity contribution in [3.8, 4) is 0 Å². The Bertz CT molecular complexity index is 762. The Labute approximate surface area is 193 Å². The minimum atomic E-state index is -1.14. The highest BCUT2D eigenvalue weighted by Crippen LogP contribution is 2.10. The van der Waals surface area contributed by atoms with Crippen LogP contribution in [0.3, 0.4) is 0 Å². The molecule has 32 heavy (non-hydrogen) atoms. The number of carbonyl (C=O) groups excluding carboxylic acids is 3. The van der Waals surface area contributed by atoms with E-state index in [-0.39, 0.29) is 18.9 Å². The molecule has 9 nitrogen and oxygen atoms in total. The number of carbonyl (C=O) groups is 4. The fourth-order valence-electron chi connectivity index (χ4n) is 2.92. The lowest BCUT2D eigenvalue weighted by atomic mass is 9.98. The lowest BCUT2D eigenvalue weighted by molar-refractivity contribution is -0.143. The van der Waals surface area contributed by atoms with E-state index < -0.39 is 41.8 Å². The van der Waals surface area contributed by atoms with Crippen molar-refractivity contribution in [3.05, 3.63) is 35.9 Å². The first-order valence-corrected chi connectivity index (χ1v) is 12.0. The molecule has 0 aliphatic rings. The van der Waals surface area contributed by atoms with Gasteiger partial charge in [-0.3, -0.25) is 14.4 Å². The summed E-state index contributed by atoms with van der Waals surface area (Å²) in [4.78, 5) is 48.9. The van der Waals surface area contributed by atoms with E-state index in [1.165, 1.54) is 0 Å². The monoisotopic (exact) mass is 466 g/mol. The third-order valence-electron chi connectivity index (χ3n) is 5.10. The van der Waals surface area contributed by atoms with E-state index in [1.54, 1.807) is 18.7 Å². The fraction of sp³-hybridized carbons (Fsp3) is 0.545. The highest BCUT2D eigenvalue weighted by Gasteiger charge is 2.29. The molecule has 0 aromatic heterocycles. The summed E-state index contributed by atoms with van der Waals surface area (Å²) in [7, 11) is 0. The molecule has 0 heterocycles. The fourth-order valence-corrected chi connectivity index (χ4v) is 3.41. The van der Waals surface area contributed by atoms with E-state index in [2.05, 4.69) is 16.0 Å². The molecule has 3 amide bonds. The Morgan fingerprint density at radius 3 is 2.31 bits per heavy atom. The quantitative estimate of drug-likeness (QED) is 0.268. The summed E-state index contributed by atoms with van der Waals surface area (Å²) < 4.78 is 0. The molecule has 0 saturated heterocycles. The second kappa shape index (κ2) is 14.5. The molecule has 10 heteroatoms. The van der Waals surface area contributed by atoms with Gasteiger partial charge in [0.2, 0.25) is 17.7 Å². The van der Waals surface area contributed by atoms with E-state index in [0.29, 0.717) is 12.8 Å². The second-order valence-corrected chi connectivity index (χ2v) is 8.61. The second-order valence-electron chi connectivity index (χ2n) is 7.63. The van der Waals surface area contributed by atoms with Crippen LogP contribution in [0.1, 0.15) is 32.3 Å². The van der Waals surface area contributed by atoms with Gasteiger partial charge >= 0.3 is 5.97 Å². The van der Waals surface area contributed by atoms with Gasteiger partial charge in [-0.2, -0.15) is 11.8 Å². The molecule has 178 valence electrons. The van der Waals surface area contributed by atoms with E-state index >= 15 is 0 Å². The summed E-state index contributed by atoms with van der Waals surface area (Å²) in [5, 5.41) is 17.1. The number of hydrogen-bond acceptors (Lipinski definition) is 6. The molecule has 1 rings (SSSR count). The molecule has 1 aromatic carbocycles. The molecule has 0 aliphatic carbocycles. The van der Waals surface area contributed by atoms with E-state index in [9.17, 15) is 24.3 Å². The van der Waals surface area contributed by atoms with E-state index in [4.69, 9.17) is 5.73 Å². The van der Waals surface area contributed by atoms with Crippen LogP contribution in [0.5, 0.6) is 0 Å². The van der Waals surface area contributed by atoms with Crippen molar-refractivity contribution in [2.45, 2.75) is 51.2 Å². The van der Waals surface area contributed by atoms with E-state index in [0.717, 1.165) is 11.3 Å². The van der Waals surface area contributed by atoms with Gasteiger partial charge in [-0.05, 0) is 29.9 Å². The maximum absolute atomic E-state index is 12.9. The molecular formula is C22H34N4O5S. The molecule has 0 saturated carbocycles. The maximum atomic E-state index is 12.9. The van der Waals surface area contributed by atoms with Crippen LogP contribution < -0.4 is 21.7 Å². The number of nitrogens with two attached hydrogens (primary N) is 1. The summed E-state index contributed by atoms with van der Waals surface area (Å²) >= 11 is 1.57. The van der Waals surface area contributed by atoms with Crippen molar-refractivity contribution >= 4 is 35.5 Å². The summed E-state index contributed by atoms with van der Waals surface area (Å²) in [5.41, 5.74) is 6.59. The lowest BCUT2D eigenvalue weighted by Crippen LogP contribution is -2.55. The molecule has 0 bridgehead atoms. The van der Waals surface area contributed by atoms with Crippen LogP contribution in [-0.2, 0) is 25.6 Å². The van der Waals surface area contributed by atoms with Crippen LogP contribution in [0.15, 0.2) is 30.3 Å². The number of hydrogen-bond donors (Lipinski definition) is 5. The number of benzene rings is 1. The summed E-state index contributed by atoms with van der Waals surface area (Å²) in [6, 6.07) is 6.27. The molecule has 6 N–H and O–H groups in total. The van der Waals surface area contributed by atoms with Gasteiger partial charge in [0.25, 0.3) is 0 Å². The molecule has 4 unspecified atom stereocenters. The predicted octanol–water partition coefficient (Wildman–Crippen LogP) is 0.526. The number of amides is 3. The summed E-state index contributed by atoms with van der Waals surface area (Å²) in [5.74, 6) is -2.31. The average molecular weight is 467 g/mol. The predicted molar refractivity (Wildman–Crippen MR) is 125 cm³/mol. The Balaban J connectivity index is 2.83. The van der Waals surface area contributed by atoms with Gasteiger partial charge in [-0.15, -0.1) is 0 Å². The van der Waals surface area contributed by atoms with Gasteiger partial charge in [0.15, 0.2) is 0 Å². The standard InChI is InChI=1S/C22H34N4O5S/c1-4-14(2)19(22(30)31)26-21(29)17(12-15-8-6-5-7-9-15)25-18(27)13-24-20(28)16(23)10-11-32-3/h5-9,14,16-17,19H,4,10-13,23H2,1-3H3,(H,24,28)(H,25,27)(H,26,29)(H,30,31). The van der Waals surface area contributed by atoms with Crippen molar-refractivity contribution < 1.29 is 24.3 Å². The molecule has 4 atom stereocenters. The van der Waals surface area contributed by atoms with Crippen LogP contribution in [0.4, 0.5) is 0 Å². The average Bonchev–Trinajstić information content (AvgIpc) is 2.78. The van der Waals surface area contributed by atoms with Crippen LogP contribution in [0, 0.1) is 5.92 Å². The van der Waals surface area contributed by atoms with Crippen molar-refractivity contribution in [2.75, 3.05) is 18.6 Å². The van der Waals surface area contributed by atoms with Crippen LogP contribution in [0.2, 0.25) is 0 Å². The molecule has 0 radical (unpaired) electrons. The number of aliphatic carboxylic acids is 1. The first-order chi connectivity index (χ1) is 15.2. The van der Waals surface area contributed by atoms with Crippen LogP contribution in [-0.4, -0.2) is 65.5 Å². The van der Waals surface area contributed by atoms with Crippen LogP contribution in [0.25, 0.3) is 0 Å². The van der Waals surface area contributed by atoms with Gasteiger partial charge in [0.1, 0.15) is 12.1 Å². The summed E-state index contributed by atoms with van der Waals surface area (Å²) in [6.07, 6.45) is 3.13. The Kier molecular flexibility index (Phi) is 12.4. The molecular weight excluding hydrogens is 432 g/mol. The Morgan fingerprint density at radius 2 is 1.75 bits per heavy atom. The zero-order valence-electron chi connectivity index (χ0n) is 18.8. The van der Waals surface area contributed by atoms with Crippen LogP contribution >= 0.6 is 11.8 Å². The summed E-state index contributed by atoms with van der Waals surface area (Å²) in [6.45, 7) is 3.24. The topological polar surface area (TPSA) is 151 Å². The molecule has 0 spiro atoms. The van der Waals surface area contributed by atoms with Gasteiger partial charge in [-0.25, -0.2) is 4.79 Å². The number of carboxylic acid groups (broad SMARTS) is 1. The third-order valence-corrected chi connectivity index (χ3v) is 5.75. The van der Waals surface area contributed by atoms with Gasteiger partial charge < -0.3 is 26.8 Å².